The Morgan fingerprint density at radius 2 is 2.26 bits per heavy atom. The number of aryl methyl sites for hydroxylation is 1. The number of ether oxygens (including phenoxy) is 1. The number of benzene rings is 1. The van der Waals surface area contributed by atoms with E-state index in [-0.39, 0.29) is 0 Å². The molecule has 0 unspecified atom stereocenters. The zero-order valence-electron chi connectivity index (χ0n) is 12.7. The number of allylic oxidation sites excluding steroid dienone is 2. The van der Waals surface area contributed by atoms with Crippen LogP contribution in [0.25, 0.3) is 16.8 Å². The minimum atomic E-state index is 0.566. The van der Waals surface area contributed by atoms with E-state index in [4.69, 9.17) is 16.3 Å². The smallest absolute Gasteiger partial charge is 0.148 e. The van der Waals surface area contributed by atoms with E-state index in [0.717, 1.165) is 49.0 Å². The Kier molecular flexibility index (Phi) is 3.59. The van der Waals surface area contributed by atoms with Crippen LogP contribution >= 0.6 is 11.6 Å². The fraction of sp³-hybridized carbons (Fsp3) is 0.333. The maximum absolute atomic E-state index is 9.85. The summed E-state index contributed by atoms with van der Waals surface area (Å²) in [5.74, 6) is 0.604. The first-order valence-electron chi connectivity index (χ1n) is 7.90. The number of hydrogen-bond acceptors (Lipinski definition) is 3. The second-order valence-corrected chi connectivity index (χ2v) is 6.27. The van der Waals surface area contributed by atoms with Crippen molar-refractivity contribution in [1.29, 1.82) is 5.26 Å². The molecule has 0 atom stereocenters. The highest BCUT2D eigenvalue weighted by atomic mass is 35.5. The number of halogens is 1. The van der Waals surface area contributed by atoms with Gasteiger partial charge in [-0.2, -0.15) is 10.4 Å². The van der Waals surface area contributed by atoms with E-state index < -0.39 is 0 Å². The van der Waals surface area contributed by atoms with Crippen LogP contribution in [-0.2, 0) is 6.54 Å². The van der Waals surface area contributed by atoms with E-state index >= 15 is 0 Å². The molecule has 1 aliphatic carbocycles. The van der Waals surface area contributed by atoms with Crippen molar-refractivity contribution < 1.29 is 4.74 Å². The van der Waals surface area contributed by atoms with Crippen LogP contribution in [0.2, 0.25) is 5.02 Å². The van der Waals surface area contributed by atoms with Gasteiger partial charge < -0.3 is 4.74 Å². The summed E-state index contributed by atoms with van der Waals surface area (Å²) < 4.78 is 7.84. The van der Waals surface area contributed by atoms with Crippen molar-refractivity contribution in [3.05, 3.63) is 40.6 Å². The Morgan fingerprint density at radius 3 is 3.04 bits per heavy atom. The molecule has 116 valence electrons. The van der Waals surface area contributed by atoms with Crippen LogP contribution < -0.4 is 4.74 Å². The molecule has 0 saturated carbocycles. The van der Waals surface area contributed by atoms with Crippen LogP contribution in [0.4, 0.5) is 0 Å². The summed E-state index contributed by atoms with van der Waals surface area (Å²) in [5, 5.41) is 14.8. The fourth-order valence-corrected chi connectivity index (χ4v) is 3.67. The van der Waals surface area contributed by atoms with Crippen molar-refractivity contribution in [2.45, 2.75) is 32.2 Å². The highest BCUT2D eigenvalue weighted by Crippen LogP contribution is 2.44. The Labute approximate surface area is 139 Å². The van der Waals surface area contributed by atoms with Crippen LogP contribution in [0.1, 0.15) is 36.8 Å². The lowest BCUT2D eigenvalue weighted by Crippen LogP contribution is -2.13. The molecule has 2 aromatic rings. The monoisotopic (exact) mass is 325 g/mol. The molecular weight excluding hydrogens is 310 g/mol. The van der Waals surface area contributed by atoms with Crippen LogP contribution in [0, 0.1) is 11.3 Å². The van der Waals surface area contributed by atoms with Gasteiger partial charge in [0.1, 0.15) is 11.8 Å². The van der Waals surface area contributed by atoms with E-state index in [9.17, 15) is 5.26 Å². The molecule has 4 nitrogen and oxygen atoms in total. The van der Waals surface area contributed by atoms with Crippen LogP contribution in [-0.4, -0.2) is 16.4 Å². The summed E-state index contributed by atoms with van der Waals surface area (Å²) in [6.07, 6.45) is 8.01. The molecule has 0 spiro atoms. The van der Waals surface area contributed by atoms with Crippen LogP contribution in [0.3, 0.4) is 0 Å². The van der Waals surface area contributed by atoms with E-state index in [1.807, 2.05) is 16.8 Å². The number of fused-ring (bicyclic) bond motifs is 3. The molecule has 0 fully saturated rings. The molecule has 1 aromatic carbocycles. The molecule has 23 heavy (non-hydrogen) atoms. The minimum absolute atomic E-state index is 0.566. The molecule has 0 N–H and O–H groups in total. The Hall–Kier alpha value is -2.25. The first kappa shape index (κ1) is 14.3. The van der Waals surface area contributed by atoms with Crippen molar-refractivity contribution in [2.75, 3.05) is 6.61 Å². The molecule has 0 radical (unpaired) electrons. The van der Waals surface area contributed by atoms with Gasteiger partial charge in [0.2, 0.25) is 0 Å². The molecule has 0 saturated heterocycles. The van der Waals surface area contributed by atoms with Gasteiger partial charge in [0, 0.05) is 19.2 Å². The van der Waals surface area contributed by atoms with Gasteiger partial charge >= 0.3 is 0 Å². The molecule has 1 aliphatic heterocycles. The van der Waals surface area contributed by atoms with Crippen LogP contribution in [0.15, 0.2) is 24.4 Å². The van der Waals surface area contributed by atoms with E-state index in [1.165, 1.54) is 5.57 Å². The summed E-state index contributed by atoms with van der Waals surface area (Å²) in [6, 6.07) is 6.20. The molecule has 0 amide bonds. The molecule has 2 aliphatic rings. The van der Waals surface area contributed by atoms with Gasteiger partial charge in [-0.25, -0.2) is 0 Å². The van der Waals surface area contributed by atoms with Crippen molar-refractivity contribution in [2.24, 2.45) is 0 Å². The first-order valence-corrected chi connectivity index (χ1v) is 8.28. The topological polar surface area (TPSA) is 50.8 Å². The SMILES string of the molecule is N#Cc1c(C2=CCCC2)cc(Cl)c2c1-c1ccnn1CCCO2. The predicted octanol–water partition coefficient (Wildman–Crippen LogP) is 4.42. The van der Waals surface area contributed by atoms with E-state index in [2.05, 4.69) is 17.2 Å². The van der Waals surface area contributed by atoms with E-state index in [1.54, 1.807) is 6.20 Å². The molecule has 4 rings (SSSR count). The predicted molar refractivity (Wildman–Crippen MR) is 89.3 cm³/mol. The van der Waals surface area contributed by atoms with Gasteiger partial charge in [0.15, 0.2) is 0 Å². The van der Waals surface area contributed by atoms with Crippen molar-refractivity contribution in [3.63, 3.8) is 0 Å². The zero-order valence-corrected chi connectivity index (χ0v) is 13.4. The lowest BCUT2D eigenvalue weighted by atomic mass is 9.93. The lowest BCUT2D eigenvalue weighted by molar-refractivity contribution is 0.295. The second kappa shape index (κ2) is 5.75. The number of nitrogens with zero attached hydrogens (tertiary/aromatic N) is 3. The van der Waals surface area contributed by atoms with E-state index in [0.29, 0.717) is 22.9 Å². The van der Waals surface area contributed by atoms with Gasteiger partial charge in [-0.3, -0.25) is 4.68 Å². The number of nitriles is 1. The highest BCUT2D eigenvalue weighted by molar-refractivity contribution is 6.33. The number of hydrogen-bond donors (Lipinski definition) is 0. The van der Waals surface area contributed by atoms with Gasteiger partial charge in [0.05, 0.1) is 28.5 Å². The van der Waals surface area contributed by atoms with Gasteiger partial charge in [-0.05, 0) is 42.5 Å². The summed E-state index contributed by atoms with van der Waals surface area (Å²) in [7, 11) is 0. The zero-order chi connectivity index (χ0) is 15.8. The average molecular weight is 326 g/mol. The summed E-state index contributed by atoms with van der Waals surface area (Å²) >= 11 is 6.52. The van der Waals surface area contributed by atoms with Crippen molar-refractivity contribution in [1.82, 2.24) is 9.78 Å². The maximum Gasteiger partial charge on any atom is 0.148 e. The van der Waals surface area contributed by atoms with Crippen LogP contribution in [0.5, 0.6) is 5.75 Å². The number of rotatable bonds is 1. The third-order valence-corrected chi connectivity index (χ3v) is 4.75. The molecule has 1 aromatic heterocycles. The fourth-order valence-electron chi connectivity index (χ4n) is 3.41. The molecule has 0 bridgehead atoms. The van der Waals surface area contributed by atoms with Crippen molar-refractivity contribution in [3.8, 4) is 23.1 Å². The third-order valence-electron chi connectivity index (χ3n) is 4.47. The maximum atomic E-state index is 9.85. The minimum Gasteiger partial charge on any atom is -0.491 e. The Balaban J connectivity index is 2.03. The standard InChI is InChI=1S/C18H16ClN3O/c19-15-10-13(12-4-1-2-5-12)14(11-20)17-16-6-7-21-22(16)8-3-9-23-18(15)17/h4,6-7,10H,1-3,5,8-9H2. The first-order chi connectivity index (χ1) is 11.3. The molecular formula is C18H16ClN3O. The van der Waals surface area contributed by atoms with Gasteiger partial charge in [-0.1, -0.05) is 17.7 Å². The summed E-state index contributed by atoms with van der Waals surface area (Å²) in [5.41, 5.74) is 4.46. The van der Waals surface area contributed by atoms with Gasteiger partial charge in [-0.15, -0.1) is 0 Å². The normalized spacial score (nSPS) is 16.4. The Bertz CT molecular complexity index is 845. The quantitative estimate of drug-likeness (QED) is 0.779. The number of aromatic nitrogens is 2. The third kappa shape index (κ3) is 2.32. The summed E-state index contributed by atoms with van der Waals surface area (Å²) in [6.45, 7) is 1.34. The van der Waals surface area contributed by atoms with Gasteiger partial charge in [0.25, 0.3) is 0 Å². The highest BCUT2D eigenvalue weighted by Gasteiger charge is 2.25. The molecule has 2 heterocycles. The molecule has 5 heteroatoms. The largest absolute Gasteiger partial charge is 0.491 e. The average Bonchev–Trinajstić information content (AvgIpc) is 3.20. The Morgan fingerprint density at radius 1 is 1.35 bits per heavy atom. The van der Waals surface area contributed by atoms with Crippen molar-refractivity contribution >= 4 is 17.2 Å². The second-order valence-electron chi connectivity index (χ2n) is 5.86. The summed E-state index contributed by atoms with van der Waals surface area (Å²) in [4.78, 5) is 0. The lowest BCUT2D eigenvalue weighted by Gasteiger charge is -2.21.